The third-order valence-corrected chi connectivity index (χ3v) is 20.2. The third-order valence-electron chi connectivity index (χ3n) is 20.2. The van der Waals surface area contributed by atoms with Crippen LogP contribution >= 0.6 is 0 Å². The molecule has 6 N–H and O–H groups in total. The van der Waals surface area contributed by atoms with E-state index in [9.17, 15) is 35.1 Å². The number of nitrogens with one attached hydrogen (secondary N) is 1. The molecule has 7 atom stereocenters. The fourth-order valence-electron chi connectivity index (χ4n) is 13.6. The molecule has 0 bridgehead atoms. The predicted molar refractivity (Wildman–Crippen MR) is 407 cm³/mol. The SMILES string of the molecule is CCCCCCCCCCCC/C=C/C(O)C(COC1OC(CO)C(O)C(O)C1O)NC(=O)CCCCCCCCCCCCCCCCCCC/C=C\C/C=C\CCCCCCCCCCCCCCCCCOC(=O)CCCCCCCCCCCCCCCCCCC. The predicted octanol–water partition coefficient (Wildman–Crippen LogP) is 23.3. The maximum Gasteiger partial charge on any atom is 0.305 e. The van der Waals surface area contributed by atoms with Crippen LogP contribution in [0.4, 0.5) is 0 Å². The monoisotopic (exact) mass is 1360 g/mol. The Balaban J connectivity index is 1.87. The molecule has 1 saturated heterocycles. The number of aliphatic hydroxyl groups excluding tert-OH is 5. The number of unbranched alkanes of at least 4 members (excludes halogenated alkanes) is 58. The highest BCUT2D eigenvalue weighted by atomic mass is 16.7. The third kappa shape index (κ3) is 61.7. The van der Waals surface area contributed by atoms with E-state index in [0.29, 0.717) is 19.4 Å². The summed E-state index contributed by atoms with van der Waals surface area (Å²) in [6, 6.07) is -0.807. The van der Waals surface area contributed by atoms with E-state index in [-0.39, 0.29) is 18.5 Å². The number of carbonyl (C=O) groups is 2. The zero-order valence-electron chi connectivity index (χ0n) is 63.4. The highest BCUT2D eigenvalue weighted by molar-refractivity contribution is 5.76. The second-order valence-electron chi connectivity index (χ2n) is 29.5. The zero-order chi connectivity index (χ0) is 69.4. The number of aliphatic hydroxyl groups is 5. The molecule has 0 aromatic carbocycles. The zero-order valence-corrected chi connectivity index (χ0v) is 63.4. The molecule has 566 valence electrons. The van der Waals surface area contributed by atoms with E-state index in [1.54, 1.807) is 6.08 Å². The van der Waals surface area contributed by atoms with Crippen molar-refractivity contribution >= 4 is 11.9 Å². The molecule has 11 nitrogen and oxygen atoms in total. The van der Waals surface area contributed by atoms with Crippen LogP contribution < -0.4 is 5.32 Å². The number of carbonyl (C=O) groups excluding carboxylic acids is 2. The van der Waals surface area contributed by atoms with Gasteiger partial charge in [0.15, 0.2) is 6.29 Å². The van der Waals surface area contributed by atoms with Gasteiger partial charge in [-0.05, 0) is 64.2 Å². The Labute approximate surface area is 594 Å². The summed E-state index contributed by atoms with van der Waals surface area (Å²) in [6.07, 6.45) is 87.7. The van der Waals surface area contributed by atoms with Crippen LogP contribution in [0.5, 0.6) is 0 Å². The van der Waals surface area contributed by atoms with Crippen LogP contribution in [0.25, 0.3) is 0 Å². The molecule has 1 fully saturated rings. The Morgan fingerprint density at radius 1 is 0.385 bits per heavy atom. The van der Waals surface area contributed by atoms with E-state index >= 15 is 0 Å². The van der Waals surface area contributed by atoms with Gasteiger partial charge < -0.3 is 45.1 Å². The number of allylic oxidation sites excluding steroid dienone is 5. The highest BCUT2D eigenvalue weighted by Gasteiger charge is 2.44. The van der Waals surface area contributed by atoms with E-state index in [4.69, 9.17) is 14.2 Å². The van der Waals surface area contributed by atoms with Gasteiger partial charge in [0.05, 0.1) is 32.0 Å². The van der Waals surface area contributed by atoms with Crippen molar-refractivity contribution in [3.8, 4) is 0 Å². The van der Waals surface area contributed by atoms with Gasteiger partial charge in [0.1, 0.15) is 24.4 Å². The minimum absolute atomic E-state index is 0.0194. The molecule has 0 aromatic rings. The van der Waals surface area contributed by atoms with Crippen LogP contribution in [0, 0.1) is 0 Å². The van der Waals surface area contributed by atoms with Gasteiger partial charge in [-0.25, -0.2) is 0 Å². The van der Waals surface area contributed by atoms with E-state index < -0.39 is 49.5 Å². The standard InChI is InChI=1S/C85H161NO10/c1-3-5-7-9-11-13-15-17-18-42-46-49-53-57-61-65-69-73-81(90)94-74-70-66-62-58-54-50-47-44-41-39-37-35-33-31-29-27-25-23-21-19-20-22-24-26-28-30-32-34-36-38-40-43-45-48-52-56-60-64-68-72-80(89)86-77(76-95-85-84(93)83(92)82(91)79(75-87)96-85)78(88)71-67-63-59-55-51-16-14-12-10-8-6-4-2/h19-20,23,25,67,71,77-79,82-85,87-88,91-93H,3-18,21-22,24,26-66,68-70,72-76H2,1-2H3,(H,86,89)/b20-19-,25-23-,71-67+. The lowest BCUT2D eigenvalue weighted by molar-refractivity contribution is -0.302. The van der Waals surface area contributed by atoms with Gasteiger partial charge >= 0.3 is 5.97 Å². The number of hydrogen-bond donors (Lipinski definition) is 6. The summed E-state index contributed by atoms with van der Waals surface area (Å²) < 4.78 is 16.8. The van der Waals surface area contributed by atoms with Gasteiger partial charge in [0.25, 0.3) is 0 Å². The van der Waals surface area contributed by atoms with Crippen molar-refractivity contribution in [2.24, 2.45) is 0 Å². The fraction of sp³-hybridized carbons (Fsp3) is 0.906. The van der Waals surface area contributed by atoms with Crippen LogP contribution in [0.15, 0.2) is 36.5 Å². The molecule has 0 saturated carbocycles. The summed E-state index contributed by atoms with van der Waals surface area (Å²) >= 11 is 0. The lowest BCUT2D eigenvalue weighted by Crippen LogP contribution is -2.60. The maximum atomic E-state index is 13.1. The minimum Gasteiger partial charge on any atom is -0.466 e. The number of rotatable bonds is 76. The van der Waals surface area contributed by atoms with Gasteiger partial charge in [-0.1, -0.05) is 391 Å². The fourth-order valence-corrected chi connectivity index (χ4v) is 13.6. The summed E-state index contributed by atoms with van der Waals surface area (Å²) in [5, 5.41) is 54.5. The maximum absolute atomic E-state index is 13.1. The summed E-state index contributed by atoms with van der Waals surface area (Å²) in [5.74, 6) is -0.157. The number of esters is 1. The molecular weight excluding hydrogens is 1190 g/mol. The van der Waals surface area contributed by atoms with E-state index in [1.807, 2.05) is 6.08 Å². The number of amides is 1. The van der Waals surface area contributed by atoms with Crippen molar-refractivity contribution in [3.05, 3.63) is 36.5 Å². The van der Waals surface area contributed by atoms with Crippen molar-refractivity contribution in [1.29, 1.82) is 0 Å². The van der Waals surface area contributed by atoms with Gasteiger partial charge in [-0.3, -0.25) is 9.59 Å². The normalized spacial score (nSPS) is 17.4. The first-order valence-corrected chi connectivity index (χ1v) is 42.3. The van der Waals surface area contributed by atoms with Gasteiger partial charge in [-0.2, -0.15) is 0 Å². The molecule has 1 rings (SSSR count). The van der Waals surface area contributed by atoms with Crippen LogP contribution in [-0.4, -0.2) is 100 Å². The first-order valence-electron chi connectivity index (χ1n) is 42.3. The van der Waals surface area contributed by atoms with Crippen LogP contribution in [-0.2, 0) is 23.8 Å². The summed E-state index contributed by atoms with van der Waals surface area (Å²) in [6.45, 7) is 4.40. The van der Waals surface area contributed by atoms with E-state index in [0.717, 1.165) is 57.8 Å². The average Bonchev–Trinajstić information content (AvgIpc) is 0.852. The molecule has 11 heteroatoms. The van der Waals surface area contributed by atoms with Crippen molar-refractivity contribution < 1.29 is 49.3 Å². The van der Waals surface area contributed by atoms with Gasteiger partial charge in [-0.15, -0.1) is 0 Å². The minimum atomic E-state index is -1.57. The first kappa shape index (κ1) is 91.9. The Morgan fingerprint density at radius 2 is 0.698 bits per heavy atom. The quantitative estimate of drug-likeness (QED) is 0.0195. The Kier molecular flexibility index (Phi) is 70.9. The molecule has 1 amide bonds. The summed E-state index contributed by atoms with van der Waals surface area (Å²) in [7, 11) is 0. The van der Waals surface area contributed by atoms with E-state index in [2.05, 4.69) is 43.5 Å². The Bertz CT molecular complexity index is 1690. The molecule has 0 aromatic heterocycles. The molecule has 1 aliphatic heterocycles. The number of hydrogen-bond acceptors (Lipinski definition) is 10. The van der Waals surface area contributed by atoms with Crippen molar-refractivity contribution in [3.63, 3.8) is 0 Å². The summed E-state index contributed by atoms with van der Waals surface area (Å²) in [4.78, 5) is 25.2. The second kappa shape index (κ2) is 74.1. The number of ether oxygens (including phenoxy) is 3. The largest absolute Gasteiger partial charge is 0.466 e. The van der Waals surface area contributed by atoms with Crippen molar-refractivity contribution in [2.45, 2.75) is 474 Å². The lowest BCUT2D eigenvalue weighted by Gasteiger charge is -2.40. The van der Waals surface area contributed by atoms with Crippen LogP contribution in [0.3, 0.4) is 0 Å². The first-order chi connectivity index (χ1) is 47.2. The average molecular weight is 1360 g/mol. The molecule has 0 aliphatic carbocycles. The molecule has 1 aliphatic rings. The smallest absolute Gasteiger partial charge is 0.305 e. The van der Waals surface area contributed by atoms with E-state index in [1.165, 1.54) is 347 Å². The molecule has 0 spiro atoms. The van der Waals surface area contributed by atoms with Crippen LogP contribution in [0.1, 0.15) is 431 Å². The highest BCUT2D eigenvalue weighted by Crippen LogP contribution is 2.24. The molecule has 1 heterocycles. The summed E-state index contributed by atoms with van der Waals surface area (Å²) in [5.41, 5.74) is 0. The van der Waals surface area contributed by atoms with Crippen LogP contribution in [0.2, 0.25) is 0 Å². The molecule has 0 radical (unpaired) electrons. The van der Waals surface area contributed by atoms with Gasteiger partial charge in [0.2, 0.25) is 5.91 Å². The Hall–Kier alpha value is -2.12. The lowest BCUT2D eigenvalue weighted by atomic mass is 9.99. The molecule has 96 heavy (non-hydrogen) atoms. The topological polar surface area (TPSA) is 175 Å². The van der Waals surface area contributed by atoms with Crippen molar-refractivity contribution in [1.82, 2.24) is 5.32 Å². The second-order valence-corrected chi connectivity index (χ2v) is 29.5. The molecular formula is C85H161NO10. The van der Waals surface area contributed by atoms with Crippen molar-refractivity contribution in [2.75, 3.05) is 19.8 Å². The Morgan fingerprint density at radius 3 is 1.05 bits per heavy atom. The van der Waals surface area contributed by atoms with Gasteiger partial charge in [0, 0.05) is 12.8 Å². The molecule has 7 unspecified atom stereocenters.